The minimum atomic E-state index is 0.500. The lowest BCUT2D eigenvalue weighted by molar-refractivity contribution is 0.159. The standard InChI is InChI=1S/C18H26N4/c1-15-6-9-21(10-7-15)13-16-3-2-8-22(14-16)18-5-4-17(11-19)20-12-18/h4-5,12,15-16H,2-3,6-10,13-14H2,1H3. The summed E-state index contributed by atoms with van der Waals surface area (Å²) >= 11 is 0. The van der Waals surface area contributed by atoms with Crippen LogP contribution in [-0.2, 0) is 0 Å². The maximum atomic E-state index is 8.85. The van der Waals surface area contributed by atoms with Crippen LogP contribution in [-0.4, -0.2) is 42.6 Å². The fourth-order valence-electron chi connectivity index (χ4n) is 3.70. The van der Waals surface area contributed by atoms with Crippen molar-refractivity contribution in [3.8, 4) is 6.07 Å². The highest BCUT2D eigenvalue weighted by atomic mass is 15.2. The molecular formula is C18H26N4. The first-order valence-electron chi connectivity index (χ1n) is 8.58. The number of piperidine rings is 2. The molecule has 1 aromatic rings. The number of pyridine rings is 1. The van der Waals surface area contributed by atoms with E-state index in [-0.39, 0.29) is 0 Å². The van der Waals surface area contributed by atoms with E-state index < -0.39 is 0 Å². The molecule has 2 aliphatic rings. The Hall–Kier alpha value is -1.60. The predicted octanol–water partition coefficient (Wildman–Crippen LogP) is 2.90. The number of likely N-dealkylation sites (tertiary alicyclic amines) is 1. The lowest BCUT2D eigenvalue weighted by atomic mass is 9.94. The van der Waals surface area contributed by atoms with E-state index in [1.165, 1.54) is 45.3 Å². The maximum absolute atomic E-state index is 8.85. The zero-order valence-corrected chi connectivity index (χ0v) is 13.5. The molecule has 0 bridgehead atoms. The average Bonchev–Trinajstić information content (AvgIpc) is 2.57. The number of anilines is 1. The number of nitriles is 1. The van der Waals surface area contributed by atoms with Gasteiger partial charge in [-0.1, -0.05) is 6.92 Å². The van der Waals surface area contributed by atoms with Gasteiger partial charge in [0.2, 0.25) is 0 Å². The van der Waals surface area contributed by atoms with Crippen LogP contribution in [0, 0.1) is 23.2 Å². The van der Waals surface area contributed by atoms with E-state index >= 15 is 0 Å². The monoisotopic (exact) mass is 298 g/mol. The van der Waals surface area contributed by atoms with Crippen LogP contribution in [0.1, 0.15) is 38.3 Å². The molecule has 1 aromatic heterocycles. The summed E-state index contributed by atoms with van der Waals surface area (Å²) in [6.07, 6.45) is 7.16. The lowest BCUT2D eigenvalue weighted by Crippen LogP contribution is -2.43. The van der Waals surface area contributed by atoms with Crippen LogP contribution in [0.4, 0.5) is 5.69 Å². The molecule has 0 N–H and O–H groups in total. The van der Waals surface area contributed by atoms with E-state index in [1.807, 2.05) is 18.3 Å². The van der Waals surface area contributed by atoms with Crippen LogP contribution in [0.5, 0.6) is 0 Å². The van der Waals surface area contributed by atoms with Gasteiger partial charge < -0.3 is 9.80 Å². The average molecular weight is 298 g/mol. The highest BCUT2D eigenvalue weighted by Gasteiger charge is 2.24. The molecule has 22 heavy (non-hydrogen) atoms. The minimum Gasteiger partial charge on any atom is -0.370 e. The van der Waals surface area contributed by atoms with Crippen molar-refractivity contribution in [2.75, 3.05) is 37.6 Å². The molecule has 2 fully saturated rings. The van der Waals surface area contributed by atoms with Crippen molar-refractivity contribution in [2.24, 2.45) is 11.8 Å². The van der Waals surface area contributed by atoms with Crippen molar-refractivity contribution < 1.29 is 0 Å². The van der Waals surface area contributed by atoms with Gasteiger partial charge in [0.1, 0.15) is 11.8 Å². The molecule has 118 valence electrons. The van der Waals surface area contributed by atoms with E-state index in [1.54, 1.807) is 0 Å². The van der Waals surface area contributed by atoms with E-state index in [0.29, 0.717) is 5.69 Å². The smallest absolute Gasteiger partial charge is 0.140 e. The first-order valence-corrected chi connectivity index (χ1v) is 8.58. The number of hydrogen-bond donors (Lipinski definition) is 0. The Labute approximate surface area is 133 Å². The third-order valence-electron chi connectivity index (χ3n) is 5.14. The quantitative estimate of drug-likeness (QED) is 0.860. The van der Waals surface area contributed by atoms with Gasteiger partial charge in [-0.3, -0.25) is 0 Å². The maximum Gasteiger partial charge on any atom is 0.140 e. The number of aromatic nitrogens is 1. The summed E-state index contributed by atoms with van der Waals surface area (Å²) < 4.78 is 0. The second kappa shape index (κ2) is 7.11. The molecular weight excluding hydrogens is 272 g/mol. The predicted molar refractivity (Wildman–Crippen MR) is 88.7 cm³/mol. The molecule has 4 nitrogen and oxygen atoms in total. The number of rotatable bonds is 3. The summed E-state index contributed by atoms with van der Waals surface area (Å²) in [4.78, 5) is 9.31. The van der Waals surface area contributed by atoms with Gasteiger partial charge in [-0.05, 0) is 62.7 Å². The minimum absolute atomic E-state index is 0.500. The Bertz CT molecular complexity index is 511. The summed E-state index contributed by atoms with van der Waals surface area (Å²) in [6, 6.07) is 5.95. The molecule has 1 unspecified atom stereocenters. The molecule has 0 spiro atoms. The highest BCUT2D eigenvalue weighted by Crippen LogP contribution is 2.25. The summed E-state index contributed by atoms with van der Waals surface area (Å²) in [7, 11) is 0. The van der Waals surface area contributed by atoms with Gasteiger partial charge in [0.05, 0.1) is 11.9 Å². The largest absolute Gasteiger partial charge is 0.370 e. The van der Waals surface area contributed by atoms with Crippen molar-refractivity contribution in [1.82, 2.24) is 9.88 Å². The van der Waals surface area contributed by atoms with Crippen LogP contribution in [0.3, 0.4) is 0 Å². The fourth-order valence-corrected chi connectivity index (χ4v) is 3.70. The van der Waals surface area contributed by atoms with E-state index in [2.05, 4.69) is 27.8 Å². The SMILES string of the molecule is CC1CCN(CC2CCCN(c3ccc(C#N)nc3)C2)CC1. The van der Waals surface area contributed by atoms with E-state index in [4.69, 9.17) is 5.26 Å². The van der Waals surface area contributed by atoms with Crippen molar-refractivity contribution in [3.05, 3.63) is 24.0 Å². The molecule has 4 heteroatoms. The topological polar surface area (TPSA) is 43.2 Å². The molecule has 2 saturated heterocycles. The second-order valence-electron chi connectivity index (χ2n) is 6.95. The molecule has 2 aliphatic heterocycles. The van der Waals surface area contributed by atoms with Gasteiger partial charge in [0.15, 0.2) is 0 Å². The number of nitrogens with zero attached hydrogens (tertiary/aromatic N) is 4. The van der Waals surface area contributed by atoms with Crippen LogP contribution in [0.2, 0.25) is 0 Å². The Kier molecular flexibility index (Phi) is 4.94. The van der Waals surface area contributed by atoms with Crippen LogP contribution < -0.4 is 4.90 Å². The van der Waals surface area contributed by atoms with Gasteiger partial charge in [0.25, 0.3) is 0 Å². The fraction of sp³-hybridized carbons (Fsp3) is 0.667. The Morgan fingerprint density at radius 2 is 2.05 bits per heavy atom. The molecule has 0 saturated carbocycles. The molecule has 0 amide bonds. The molecule has 1 atom stereocenters. The summed E-state index contributed by atoms with van der Waals surface area (Å²) in [5.41, 5.74) is 1.66. The molecule has 0 radical (unpaired) electrons. The number of hydrogen-bond acceptors (Lipinski definition) is 4. The van der Waals surface area contributed by atoms with Crippen molar-refractivity contribution in [1.29, 1.82) is 5.26 Å². The first-order chi connectivity index (χ1) is 10.7. The molecule has 0 aromatic carbocycles. The molecule has 0 aliphatic carbocycles. The van der Waals surface area contributed by atoms with Gasteiger partial charge in [0, 0.05) is 19.6 Å². The summed E-state index contributed by atoms with van der Waals surface area (Å²) in [6.45, 7) is 8.40. The Balaban J connectivity index is 1.55. The van der Waals surface area contributed by atoms with E-state index in [9.17, 15) is 0 Å². The lowest BCUT2D eigenvalue weighted by Gasteiger charge is -2.38. The first kappa shape index (κ1) is 15.3. The Morgan fingerprint density at radius 1 is 1.23 bits per heavy atom. The van der Waals surface area contributed by atoms with Gasteiger partial charge >= 0.3 is 0 Å². The molecule has 3 rings (SSSR count). The zero-order chi connectivity index (χ0) is 15.4. The van der Waals surface area contributed by atoms with Gasteiger partial charge in [-0.15, -0.1) is 0 Å². The second-order valence-corrected chi connectivity index (χ2v) is 6.95. The van der Waals surface area contributed by atoms with Gasteiger partial charge in [-0.2, -0.15) is 5.26 Å². The Morgan fingerprint density at radius 3 is 2.73 bits per heavy atom. The zero-order valence-electron chi connectivity index (χ0n) is 13.5. The van der Waals surface area contributed by atoms with Gasteiger partial charge in [-0.25, -0.2) is 4.98 Å². The van der Waals surface area contributed by atoms with Crippen molar-refractivity contribution in [2.45, 2.75) is 32.6 Å². The van der Waals surface area contributed by atoms with E-state index in [0.717, 1.165) is 30.6 Å². The van der Waals surface area contributed by atoms with Crippen LogP contribution in [0.15, 0.2) is 18.3 Å². The van der Waals surface area contributed by atoms with Crippen molar-refractivity contribution >= 4 is 5.69 Å². The molecule has 3 heterocycles. The van der Waals surface area contributed by atoms with Crippen LogP contribution >= 0.6 is 0 Å². The third-order valence-corrected chi connectivity index (χ3v) is 5.14. The van der Waals surface area contributed by atoms with Crippen molar-refractivity contribution in [3.63, 3.8) is 0 Å². The van der Waals surface area contributed by atoms with Crippen LogP contribution in [0.25, 0.3) is 0 Å². The summed E-state index contributed by atoms with van der Waals surface area (Å²) in [5.74, 6) is 1.67. The third kappa shape index (κ3) is 3.78. The highest BCUT2D eigenvalue weighted by molar-refractivity contribution is 5.46. The normalized spacial score (nSPS) is 24.2. The summed E-state index contributed by atoms with van der Waals surface area (Å²) in [5, 5.41) is 8.85.